The number of nitrogens with two attached hydrogens (primary N) is 2. The molecule has 1 aromatic rings. The number of nitriles is 1. The molecule has 1 fully saturated rings. The van der Waals surface area contributed by atoms with Crippen molar-refractivity contribution >= 4 is 23.4 Å². The molecule has 2 amide bonds. The third kappa shape index (κ3) is 2.99. The van der Waals surface area contributed by atoms with E-state index < -0.39 is 11.4 Å². The fourth-order valence-corrected chi connectivity index (χ4v) is 2.48. The van der Waals surface area contributed by atoms with Crippen LogP contribution in [0.2, 0.25) is 5.02 Å². The molecule has 1 saturated heterocycles. The highest BCUT2D eigenvalue weighted by Gasteiger charge is 2.37. The van der Waals surface area contributed by atoms with Crippen LogP contribution in [0.25, 0.3) is 0 Å². The van der Waals surface area contributed by atoms with Crippen LogP contribution in [-0.2, 0) is 4.79 Å². The molecule has 0 atom stereocenters. The van der Waals surface area contributed by atoms with E-state index in [0.29, 0.717) is 36.5 Å². The second-order valence-corrected chi connectivity index (χ2v) is 5.53. The summed E-state index contributed by atoms with van der Waals surface area (Å²) in [5.41, 5.74) is 10.8. The average molecular weight is 307 g/mol. The van der Waals surface area contributed by atoms with Gasteiger partial charge in [0.2, 0.25) is 5.91 Å². The Balaban J connectivity index is 2.16. The lowest BCUT2D eigenvalue weighted by Gasteiger charge is -2.37. The van der Waals surface area contributed by atoms with Crippen LogP contribution in [0.4, 0.5) is 0 Å². The van der Waals surface area contributed by atoms with Crippen molar-refractivity contribution in [1.29, 1.82) is 5.26 Å². The molecule has 2 rings (SSSR count). The summed E-state index contributed by atoms with van der Waals surface area (Å²) in [6, 6.07) is 6.50. The van der Waals surface area contributed by atoms with Crippen molar-refractivity contribution in [2.75, 3.05) is 13.1 Å². The summed E-state index contributed by atoms with van der Waals surface area (Å²) in [7, 11) is 0. The van der Waals surface area contributed by atoms with Gasteiger partial charge in [-0.25, -0.2) is 0 Å². The molecule has 0 bridgehead atoms. The fourth-order valence-electron chi connectivity index (χ4n) is 2.28. The number of nitrogens with zero attached hydrogens (tertiary/aromatic N) is 2. The van der Waals surface area contributed by atoms with Crippen molar-refractivity contribution in [2.24, 2.45) is 11.5 Å². The SMILES string of the molecule is N#Cc1ccc(Cl)c(C(=O)N2CCC(N)(C(N)=O)CC2)c1. The molecule has 21 heavy (non-hydrogen) atoms. The number of rotatable bonds is 2. The second-order valence-electron chi connectivity index (χ2n) is 5.12. The quantitative estimate of drug-likeness (QED) is 0.834. The highest BCUT2D eigenvalue weighted by atomic mass is 35.5. The van der Waals surface area contributed by atoms with E-state index in [-0.39, 0.29) is 11.5 Å². The van der Waals surface area contributed by atoms with Crippen LogP contribution in [0.5, 0.6) is 0 Å². The standard InChI is InChI=1S/C14H15ClN4O2/c15-11-2-1-9(8-16)7-10(11)12(20)19-5-3-14(18,4-6-19)13(17)21/h1-2,7H,3-6,18H2,(H2,17,21). The molecule has 110 valence electrons. The number of benzene rings is 1. The number of piperidine rings is 1. The van der Waals surface area contributed by atoms with Gasteiger partial charge in [0, 0.05) is 13.1 Å². The van der Waals surface area contributed by atoms with Crippen LogP contribution in [0, 0.1) is 11.3 Å². The van der Waals surface area contributed by atoms with Crippen LogP contribution >= 0.6 is 11.6 Å². The molecule has 4 N–H and O–H groups in total. The Labute approximate surface area is 127 Å². The molecule has 0 aliphatic carbocycles. The molecule has 1 aliphatic heterocycles. The zero-order valence-electron chi connectivity index (χ0n) is 11.3. The van der Waals surface area contributed by atoms with Gasteiger partial charge in [-0.05, 0) is 31.0 Å². The summed E-state index contributed by atoms with van der Waals surface area (Å²) in [4.78, 5) is 25.3. The average Bonchev–Trinajstić information content (AvgIpc) is 2.48. The van der Waals surface area contributed by atoms with Gasteiger partial charge in [-0.3, -0.25) is 9.59 Å². The minimum atomic E-state index is -1.06. The van der Waals surface area contributed by atoms with Crippen molar-refractivity contribution in [1.82, 2.24) is 4.90 Å². The Bertz CT molecular complexity index is 630. The van der Waals surface area contributed by atoms with Gasteiger partial charge in [0.05, 0.1) is 27.8 Å². The minimum absolute atomic E-state index is 0.274. The summed E-state index contributed by atoms with van der Waals surface area (Å²) >= 11 is 6.02. The van der Waals surface area contributed by atoms with E-state index >= 15 is 0 Å². The summed E-state index contributed by atoms with van der Waals surface area (Å²) in [6.07, 6.45) is 0.618. The van der Waals surface area contributed by atoms with E-state index in [4.69, 9.17) is 28.3 Å². The highest BCUT2D eigenvalue weighted by molar-refractivity contribution is 6.33. The molecule has 7 heteroatoms. The lowest BCUT2D eigenvalue weighted by Crippen LogP contribution is -2.59. The van der Waals surface area contributed by atoms with Crippen molar-refractivity contribution in [2.45, 2.75) is 18.4 Å². The monoisotopic (exact) mass is 306 g/mol. The summed E-state index contributed by atoms with van der Waals surface area (Å²) in [6.45, 7) is 0.650. The largest absolute Gasteiger partial charge is 0.368 e. The molecule has 1 heterocycles. The summed E-state index contributed by atoms with van der Waals surface area (Å²) in [5.74, 6) is -0.831. The first kappa shape index (κ1) is 15.3. The van der Waals surface area contributed by atoms with Gasteiger partial charge in [-0.2, -0.15) is 5.26 Å². The topological polar surface area (TPSA) is 113 Å². The summed E-state index contributed by atoms with van der Waals surface area (Å²) < 4.78 is 0. The summed E-state index contributed by atoms with van der Waals surface area (Å²) in [5, 5.41) is 9.18. The normalized spacial score (nSPS) is 17.1. The van der Waals surface area contributed by atoms with E-state index in [0.717, 1.165) is 0 Å². The first-order valence-corrected chi connectivity index (χ1v) is 6.83. The number of carbonyl (C=O) groups excluding carboxylic acids is 2. The first-order chi connectivity index (χ1) is 9.87. The van der Waals surface area contributed by atoms with Crippen LogP contribution in [-0.4, -0.2) is 35.3 Å². The van der Waals surface area contributed by atoms with Crippen molar-refractivity contribution in [3.63, 3.8) is 0 Å². The maximum Gasteiger partial charge on any atom is 0.255 e. The van der Waals surface area contributed by atoms with Crippen molar-refractivity contribution in [3.05, 3.63) is 34.3 Å². The van der Waals surface area contributed by atoms with Crippen LogP contribution < -0.4 is 11.5 Å². The molecule has 1 aromatic carbocycles. The molecular weight excluding hydrogens is 292 g/mol. The molecule has 0 radical (unpaired) electrons. The first-order valence-electron chi connectivity index (χ1n) is 6.45. The molecule has 0 saturated carbocycles. The Hall–Kier alpha value is -2.10. The number of halogens is 1. The lowest BCUT2D eigenvalue weighted by molar-refractivity contribution is -0.124. The van der Waals surface area contributed by atoms with E-state index in [1.54, 1.807) is 11.0 Å². The van der Waals surface area contributed by atoms with Crippen LogP contribution in [0.15, 0.2) is 18.2 Å². The number of hydrogen-bond donors (Lipinski definition) is 2. The zero-order valence-corrected chi connectivity index (χ0v) is 12.1. The van der Waals surface area contributed by atoms with E-state index in [2.05, 4.69) is 0 Å². The Morgan fingerprint density at radius 3 is 2.48 bits per heavy atom. The van der Waals surface area contributed by atoms with Gasteiger partial charge in [0.15, 0.2) is 0 Å². The van der Waals surface area contributed by atoms with Crippen molar-refractivity contribution in [3.8, 4) is 6.07 Å². The third-order valence-electron chi connectivity index (χ3n) is 3.76. The number of carbonyl (C=O) groups is 2. The molecule has 6 nitrogen and oxygen atoms in total. The molecule has 0 unspecified atom stereocenters. The van der Waals surface area contributed by atoms with E-state index in [9.17, 15) is 9.59 Å². The van der Waals surface area contributed by atoms with Gasteiger partial charge >= 0.3 is 0 Å². The smallest absolute Gasteiger partial charge is 0.255 e. The zero-order chi connectivity index (χ0) is 15.6. The molecular formula is C14H15ClN4O2. The van der Waals surface area contributed by atoms with Gasteiger partial charge in [0.1, 0.15) is 0 Å². The number of primary amides is 1. The van der Waals surface area contributed by atoms with E-state index in [1.807, 2.05) is 6.07 Å². The van der Waals surface area contributed by atoms with Crippen LogP contribution in [0.3, 0.4) is 0 Å². The van der Waals surface area contributed by atoms with Gasteiger partial charge in [0.25, 0.3) is 5.91 Å². The van der Waals surface area contributed by atoms with Gasteiger partial charge in [-0.15, -0.1) is 0 Å². The van der Waals surface area contributed by atoms with Crippen LogP contribution in [0.1, 0.15) is 28.8 Å². The predicted molar refractivity (Wildman–Crippen MR) is 77.4 cm³/mol. The maximum atomic E-state index is 12.4. The predicted octanol–water partition coefficient (Wildman–Crippen LogP) is 0.630. The third-order valence-corrected chi connectivity index (χ3v) is 4.09. The van der Waals surface area contributed by atoms with Crippen molar-refractivity contribution < 1.29 is 9.59 Å². The molecule has 0 aromatic heterocycles. The Kier molecular flexibility index (Phi) is 4.16. The second kappa shape index (κ2) is 5.72. The van der Waals surface area contributed by atoms with Gasteiger partial charge < -0.3 is 16.4 Å². The van der Waals surface area contributed by atoms with E-state index in [1.165, 1.54) is 12.1 Å². The maximum absolute atomic E-state index is 12.4. The number of likely N-dealkylation sites (tertiary alicyclic amines) is 1. The fraction of sp³-hybridized carbons (Fsp3) is 0.357. The number of amides is 2. The lowest BCUT2D eigenvalue weighted by atomic mass is 9.88. The minimum Gasteiger partial charge on any atom is -0.368 e. The van der Waals surface area contributed by atoms with Gasteiger partial charge in [-0.1, -0.05) is 11.6 Å². The number of hydrogen-bond acceptors (Lipinski definition) is 4. The Morgan fingerprint density at radius 1 is 1.33 bits per heavy atom. The highest BCUT2D eigenvalue weighted by Crippen LogP contribution is 2.24. The molecule has 0 spiro atoms. The molecule has 1 aliphatic rings. The Morgan fingerprint density at radius 2 is 1.95 bits per heavy atom.